The molecule has 30 heavy (non-hydrogen) atoms. The van der Waals surface area contributed by atoms with Crippen molar-refractivity contribution in [3.05, 3.63) is 53.1 Å². The van der Waals surface area contributed by atoms with Crippen LogP contribution in [-0.4, -0.2) is 35.0 Å². The number of esters is 1. The van der Waals surface area contributed by atoms with E-state index in [2.05, 4.69) is 10.6 Å². The van der Waals surface area contributed by atoms with Crippen molar-refractivity contribution in [1.29, 1.82) is 0 Å². The number of ether oxygens (including phenoxy) is 1. The Morgan fingerprint density at radius 3 is 2.60 bits per heavy atom. The summed E-state index contributed by atoms with van der Waals surface area (Å²) in [6.45, 7) is 1.43. The molecule has 0 aromatic heterocycles. The highest BCUT2D eigenvalue weighted by atomic mass is 35.5. The summed E-state index contributed by atoms with van der Waals surface area (Å²) in [7, 11) is 0. The van der Waals surface area contributed by atoms with E-state index in [1.165, 1.54) is 43.0 Å². The van der Waals surface area contributed by atoms with E-state index in [9.17, 15) is 19.2 Å². The second kappa shape index (κ2) is 9.19. The number of fused-ring (bicyclic) bond motifs is 1. The highest BCUT2D eigenvalue weighted by molar-refractivity contribution is 8.01. The molecular formula is C20H18ClN3O5S. The van der Waals surface area contributed by atoms with Crippen molar-refractivity contribution in [2.75, 3.05) is 10.6 Å². The number of anilines is 2. The molecule has 2 aromatic carbocycles. The SMILES string of the molecule is CC(OC(=O)CC1Sc2ccc(Cl)cc2NC1=O)C(=O)Nc1ccc(C(N)=O)cc1. The van der Waals surface area contributed by atoms with Gasteiger partial charge in [-0.2, -0.15) is 0 Å². The van der Waals surface area contributed by atoms with Crippen molar-refractivity contribution in [3.8, 4) is 0 Å². The molecule has 3 amide bonds. The fraction of sp³-hybridized carbons (Fsp3) is 0.200. The van der Waals surface area contributed by atoms with Gasteiger partial charge in [0.1, 0.15) is 0 Å². The summed E-state index contributed by atoms with van der Waals surface area (Å²) < 4.78 is 5.16. The molecule has 1 aliphatic heterocycles. The number of carbonyl (C=O) groups excluding carboxylic acids is 4. The second-order valence-corrected chi connectivity index (χ2v) is 8.18. The van der Waals surface area contributed by atoms with Gasteiger partial charge in [0.05, 0.1) is 17.4 Å². The Balaban J connectivity index is 1.53. The van der Waals surface area contributed by atoms with Gasteiger partial charge in [0.2, 0.25) is 11.8 Å². The number of carbonyl (C=O) groups is 4. The molecule has 4 N–H and O–H groups in total. The van der Waals surface area contributed by atoms with Crippen molar-refractivity contribution in [1.82, 2.24) is 0 Å². The average molecular weight is 448 g/mol. The van der Waals surface area contributed by atoms with Gasteiger partial charge < -0.3 is 21.1 Å². The molecular weight excluding hydrogens is 430 g/mol. The van der Waals surface area contributed by atoms with Gasteiger partial charge in [-0.15, -0.1) is 11.8 Å². The average Bonchev–Trinajstić information content (AvgIpc) is 2.69. The third-order valence-electron chi connectivity index (χ3n) is 4.23. The number of halogens is 1. The molecule has 1 aliphatic rings. The van der Waals surface area contributed by atoms with E-state index in [0.717, 1.165) is 4.90 Å². The largest absolute Gasteiger partial charge is 0.452 e. The monoisotopic (exact) mass is 447 g/mol. The van der Waals surface area contributed by atoms with Crippen LogP contribution >= 0.6 is 23.4 Å². The molecule has 1 heterocycles. The summed E-state index contributed by atoms with van der Waals surface area (Å²) in [5, 5.41) is 5.11. The first-order chi connectivity index (χ1) is 14.2. The highest BCUT2D eigenvalue weighted by Gasteiger charge is 2.30. The third-order valence-corrected chi connectivity index (χ3v) is 5.74. The van der Waals surface area contributed by atoms with Crippen LogP contribution in [0.2, 0.25) is 5.02 Å². The predicted octanol–water partition coefficient (Wildman–Crippen LogP) is 2.81. The molecule has 156 valence electrons. The number of primary amides is 1. The van der Waals surface area contributed by atoms with Crippen molar-refractivity contribution >= 4 is 58.4 Å². The zero-order chi connectivity index (χ0) is 21.8. The number of amides is 3. The molecule has 0 saturated heterocycles. The van der Waals surface area contributed by atoms with E-state index in [1.54, 1.807) is 18.2 Å². The Hall–Kier alpha value is -3.04. The van der Waals surface area contributed by atoms with Gasteiger partial charge in [-0.25, -0.2) is 0 Å². The minimum absolute atomic E-state index is 0.191. The highest BCUT2D eigenvalue weighted by Crippen LogP contribution is 2.38. The van der Waals surface area contributed by atoms with Gasteiger partial charge in [-0.1, -0.05) is 11.6 Å². The first kappa shape index (κ1) is 21.7. The zero-order valence-electron chi connectivity index (χ0n) is 15.8. The summed E-state index contributed by atoms with van der Waals surface area (Å²) in [5.41, 5.74) is 6.49. The first-order valence-electron chi connectivity index (χ1n) is 8.90. The molecule has 0 bridgehead atoms. The maximum Gasteiger partial charge on any atom is 0.308 e. The number of nitrogens with two attached hydrogens (primary N) is 1. The lowest BCUT2D eigenvalue weighted by atomic mass is 10.2. The number of rotatable bonds is 6. The Morgan fingerprint density at radius 2 is 1.93 bits per heavy atom. The molecule has 3 rings (SSSR count). The first-order valence-corrected chi connectivity index (χ1v) is 10.2. The number of hydrogen-bond acceptors (Lipinski definition) is 6. The molecule has 10 heteroatoms. The molecule has 2 unspecified atom stereocenters. The van der Waals surface area contributed by atoms with Crippen LogP contribution in [0.25, 0.3) is 0 Å². The van der Waals surface area contributed by atoms with Crippen LogP contribution in [0.3, 0.4) is 0 Å². The second-order valence-electron chi connectivity index (χ2n) is 6.50. The summed E-state index contributed by atoms with van der Waals surface area (Å²) in [6.07, 6.45) is -1.26. The van der Waals surface area contributed by atoms with Crippen LogP contribution in [-0.2, 0) is 19.1 Å². The van der Waals surface area contributed by atoms with Crippen molar-refractivity contribution in [3.63, 3.8) is 0 Å². The summed E-state index contributed by atoms with van der Waals surface area (Å²) in [6, 6.07) is 11.1. The molecule has 2 atom stereocenters. The number of nitrogens with one attached hydrogen (secondary N) is 2. The lowest BCUT2D eigenvalue weighted by molar-refractivity contribution is -0.153. The Bertz CT molecular complexity index is 1010. The van der Waals surface area contributed by atoms with Crippen LogP contribution in [0.15, 0.2) is 47.4 Å². The fourth-order valence-corrected chi connectivity index (χ4v) is 3.92. The topological polar surface area (TPSA) is 128 Å². The quantitative estimate of drug-likeness (QED) is 0.584. The lowest BCUT2D eigenvalue weighted by Crippen LogP contribution is -2.34. The Labute approximate surface area is 181 Å². The third kappa shape index (κ3) is 5.31. The number of benzene rings is 2. The van der Waals surface area contributed by atoms with Crippen LogP contribution in [0.1, 0.15) is 23.7 Å². The summed E-state index contributed by atoms with van der Waals surface area (Å²) in [4.78, 5) is 48.6. The number of hydrogen-bond donors (Lipinski definition) is 3. The number of thioether (sulfide) groups is 1. The maximum absolute atomic E-state index is 12.2. The standard InChI is InChI=1S/C20H18ClN3O5S/c1-10(19(27)23-13-5-2-11(3-6-13)18(22)26)29-17(25)9-16-20(28)24-14-8-12(21)4-7-15(14)30-16/h2-8,10,16H,9H2,1H3,(H2,22,26)(H,23,27)(H,24,28). The van der Waals surface area contributed by atoms with Crippen LogP contribution in [0.5, 0.6) is 0 Å². The normalized spacial score (nSPS) is 16.1. The molecule has 0 spiro atoms. The molecule has 0 saturated carbocycles. The zero-order valence-corrected chi connectivity index (χ0v) is 17.4. The van der Waals surface area contributed by atoms with E-state index < -0.39 is 29.1 Å². The van der Waals surface area contributed by atoms with Crippen LogP contribution in [0.4, 0.5) is 11.4 Å². The van der Waals surface area contributed by atoms with Crippen LogP contribution in [0, 0.1) is 0 Å². The lowest BCUT2D eigenvalue weighted by Gasteiger charge is -2.24. The molecule has 0 radical (unpaired) electrons. The minimum Gasteiger partial charge on any atom is -0.452 e. The van der Waals surface area contributed by atoms with Crippen molar-refractivity contribution in [2.45, 2.75) is 29.6 Å². The molecule has 0 aliphatic carbocycles. The van der Waals surface area contributed by atoms with Gasteiger partial charge in [0, 0.05) is 21.2 Å². The van der Waals surface area contributed by atoms with Crippen LogP contribution < -0.4 is 16.4 Å². The van der Waals surface area contributed by atoms with E-state index in [4.69, 9.17) is 22.1 Å². The van der Waals surface area contributed by atoms with E-state index in [0.29, 0.717) is 22.0 Å². The summed E-state index contributed by atoms with van der Waals surface area (Å²) >= 11 is 7.15. The van der Waals surface area contributed by atoms with Gasteiger partial charge in [-0.3, -0.25) is 19.2 Å². The van der Waals surface area contributed by atoms with Gasteiger partial charge in [-0.05, 0) is 49.4 Å². The Kier molecular flexibility index (Phi) is 6.63. The maximum atomic E-state index is 12.2. The fourth-order valence-electron chi connectivity index (χ4n) is 2.67. The molecule has 2 aromatic rings. The van der Waals surface area contributed by atoms with Crippen molar-refractivity contribution in [2.24, 2.45) is 5.73 Å². The Morgan fingerprint density at radius 1 is 1.23 bits per heavy atom. The van der Waals surface area contributed by atoms with E-state index in [1.807, 2.05) is 0 Å². The predicted molar refractivity (Wildman–Crippen MR) is 113 cm³/mol. The van der Waals surface area contributed by atoms with E-state index >= 15 is 0 Å². The molecule has 8 nitrogen and oxygen atoms in total. The smallest absolute Gasteiger partial charge is 0.308 e. The van der Waals surface area contributed by atoms with Gasteiger partial charge >= 0.3 is 5.97 Å². The van der Waals surface area contributed by atoms with Crippen molar-refractivity contribution < 1.29 is 23.9 Å². The van der Waals surface area contributed by atoms with E-state index in [-0.39, 0.29) is 12.3 Å². The van der Waals surface area contributed by atoms with Gasteiger partial charge in [0.25, 0.3) is 5.91 Å². The minimum atomic E-state index is -1.07. The van der Waals surface area contributed by atoms with Gasteiger partial charge in [0.15, 0.2) is 6.10 Å². The molecule has 0 fully saturated rings. The summed E-state index contributed by atoms with van der Waals surface area (Å²) in [5.74, 6) is -2.13.